The maximum absolute atomic E-state index is 2.63. The highest BCUT2D eigenvalue weighted by atomic mass is 14.9. The molecule has 0 saturated carbocycles. The SMILES string of the molecule is c1ccc2c(c1)cc1c3c(n4c5cc6c7cccc8c9ccccc9n(c6cc5c2c14)c87)CCC3. The quantitative estimate of drug-likeness (QED) is 0.222. The van der Waals surface area contributed by atoms with Gasteiger partial charge >= 0.3 is 0 Å². The third kappa shape index (κ3) is 1.76. The van der Waals surface area contributed by atoms with Gasteiger partial charge in [0.25, 0.3) is 0 Å². The highest BCUT2D eigenvalue weighted by Crippen LogP contribution is 2.47. The first-order valence-electron chi connectivity index (χ1n) is 12.7. The zero-order valence-electron chi connectivity index (χ0n) is 19.1. The van der Waals surface area contributed by atoms with Gasteiger partial charge in [-0.15, -0.1) is 0 Å². The summed E-state index contributed by atoms with van der Waals surface area (Å²) in [5, 5.41) is 12.4. The summed E-state index contributed by atoms with van der Waals surface area (Å²) in [6.45, 7) is 0. The van der Waals surface area contributed by atoms with Crippen molar-refractivity contribution in [1.29, 1.82) is 0 Å². The van der Waals surface area contributed by atoms with Crippen LogP contribution in [0.5, 0.6) is 0 Å². The molecule has 35 heavy (non-hydrogen) atoms. The van der Waals surface area contributed by atoms with Gasteiger partial charge in [0.1, 0.15) is 0 Å². The molecule has 162 valence electrons. The topological polar surface area (TPSA) is 8.82 Å². The van der Waals surface area contributed by atoms with Crippen molar-refractivity contribution in [2.24, 2.45) is 0 Å². The van der Waals surface area contributed by atoms with E-state index in [1.165, 1.54) is 101 Å². The lowest BCUT2D eigenvalue weighted by Gasteiger charge is -2.04. The van der Waals surface area contributed by atoms with Crippen molar-refractivity contribution in [3.05, 3.63) is 96.2 Å². The van der Waals surface area contributed by atoms with Gasteiger partial charge in [-0.3, -0.25) is 0 Å². The van der Waals surface area contributed by atoms with Crippen molar-refractivity contribution in [3.63, 3.8) is 0 Å². The molecule has 2 nitrogen and oxygen atoms in total. The van der Waals surface area contributed by atoms with E-state index in [9.17, 15) is 0 Å². The second-order valence-corrected chi connectivity index (χ2v) is 10.4. The lowest BCUT2D eigenvalue weighted by atomic mass is 9.99. The standard InChI is InChI=1S/C33H20N2/c1-2-8-19-18(7-1)15-25-21-10-6-14-28(21)35-30-16-24-23-12-5-11-22-20-9-3-4-13-27(20)34(32(22)23)29(24)17-26(30)31(19)33(25)35/h1-5,7-9,11-13,15-17H,6,10,14H2. The van der Waals surface area contributed by atoms with E-state index in [-0.39, 0.29) is 0 Å². The Labute approximate surface area is 200 Å². The summed E-state index contributed by atoms with van der Waals surface area (Å²) in [5.74, 6) is 0. The molecule has 0 amide bonds. The molecule has 4 heterocycles. The summed E-state index contributed by atoms with van der Waals surface area (Å²) >= 11 is 0. The summed E-state index contributed by atoms with van der Waals surface area (Å²) in [5.41, 5.74) is 9.90. The van der Waals surface area contributed by atoms with Gasteiger partial charge in [-0.1, -0.05) is 60.7 Å². The number of para-hydroxylation sites is 2. The van der Waals surface area contributed by atoms with E-state index in [2.05, 4.69) is 93.7 Å². The van der Waals surface area contributed by atoms with Crippen LogP contribution in [0.2, 0.25) is 0 Å². The minimum absolute atomic E-state index is 1.18. The number of hydrogen-bond donors (Lipinski definition) is 0. The lowest BCUT2D eigenvalue weighted by molar-refractivity contribution is 0.890. The van der Waals surface area contributed by atoms with Crippen molar-refractivity contribution in [3.8, 4) is 0 Å². The third-order valence-electron chi connectivity index (χ3n) is 8.88. The van der Waals surface area contributed by atoms with Crippen LogP contribution in [0.25, 0.3) is 76.1 Å². The molecule has 0 N–H and O–H groups in total. The number of hydrogen-bond acceptors (Lipinski definition) is 0. The van der Waals surface area contributed by atoms with E-state index in [0.717, 1.165) is 0 Å². The molecular formula is C33H20N2. The van der Waals surface area contributed by atoms with Crippen LogP contribution in [0.1, 0.15) is 17.7 Å². The Hall–Kier alpha value is -4.30. The molecule has 0 spiro atoms. The van der Waals surface area contributed by atoms with Crippen LogP contribution in [0.15, 0.2) is 84.9 Å². The van der Waals surface area contributed by atoms with Crippen LogP contribution in [0, 0.1) is 0 Å². The van der Waals surface area contributed by atoms with Gasteiger partial charge in [0.05, 0.1) is 27.6 Å². The van der Waals surface area contributed by atoms with Crippen LogP contribution in [-0.2, 0) is 12.8 Å². The molecule has 0 unspecified atom stereocenters. The monoisotopic (exact) mass is 444 g/mol. The first-order chi connectivity index (χ1) is 17.4. The van der Waals surface area contributed by atoms with Gasteiger partial charge in [0, 0.05) is 43.4 Å². The Balaban J connectivity index is 1.55. The molecule has 1 aliphatic carbocycles. The third-order valence-corrected chi connectivity index (χ3v) is 8.88. The molecule has 0 atom stereocenters. The zero-order valence-corrected chi connectivity index (χ0v) is 19.1. The van der Waals surface area contributed by atoms with Gasteiger partial charge in [0.15, 0.2) is 0 Å². The molecular weight excluding hydrogens is 424 g/mol. The molecule has 0 aliphatic heterocycles. The van der Waals surface area contributed by atoms with Crippen molar-refractivity contribution < 1.29 is 0 Å². The van der Waals surface area contributed by atoms with Gasteiger partial charge in [0.2, 0.25) is 0 Å². The molecule has 1 aliphatic rings. The maximum Gasteiger partial charge on any atom is 0.0620 e. The number of fused-ring (bicyclic) bond motifs is 14. The van der Waals surface area contributed by atoms with Crippen LogP contribution >= 0.6 is 0 Å². The Morgan fingerprint density at radius 1 is 0.486 bits per heavy atom. The smallest absolute Gasteiger partial charge is 0.0620 e. The van der Waals surface area contributed by atoms with E-state index < -0.39 is 0 Å². The van der Waals surface area contributed by atoms with Crippen LogP contribution in [-0.4, -0.2) is 8.80 Å². The normalized spacial score (nSPS) is 14.5. The largest absolute Gasteiger partial charge is 0.312 e. The molecule has 0 fully saturated rings. The van der Waals surface area contributed by atoms with Gasteiger partial charge in [-0.2, -0.15) is 0 Å². The molecule has 0 radical (unpaired) electrons. The highest BCUT2D eigenvalue weighted by molar-refractivity contribution is 6.30. The van der Waals surface area contributed by atoms with Gasteiger partial charge in [-0.25, -0.2) is 0 Å². The number of aromatic nitrogens is 2. The van der Waals surface area contributed by atoms with E-state index in [0.29, 0.717) is 0 Å². The Bertz CT molecular complexity index is 2340. The molecule has 10 rings (SSSR count). The first-order valence-corrected chi connectivity index (χ1v) is 12.7. The fraction of sp³-hybridized carbons (Fsp3) is 0.0909. The van der Waals surface area contributed by atoms with Crippen LogP contribution in [0.4, 0.5) is 0 Å². The van der Waals surface area contributed by atoms with E-state index >= 15 is 0 Å². The number of rotatable bonds is 0. The molecule has 5 aromatic carbocycles. The number of nitrogens with zero attached hydrogens (tertiary/aromatic N) is 2. The van der Waals surface area contributed by atoms with E-state index in [1.807, 2.05) is 0 Å². The number of benzene rings is 5. The van der Waals surface area contributed by atoms with Gasteiger partial charge < -0.3 is 8.80 Å². The summed E-state index contributed by atoms with van der Waals surface area (Å²) in [4.78, 5) is 0. The highest BCUT2D eigenvalue weighted by Gasteiger charge is 2.27. The number of aryl methyl sites for hydroxylation is 2. The van der Waals surface area contributed by atoms with Crippen molar-refractivity contribution >= 4 is 76.1 Å². The minimum Gasteiger partial charge on any atom is -0.312 e. The summed E-state index contributed by atoms with van der Waals surface area (Å²) in [6, 6.07) is 32.1. The molecule has 2 heteroatoms. The predicted molar refractivity (Wildman–Crippen MR) is 148 cm³/mol. The fourth-order valence-electron chi connectivity index (χ4n) is 7.59. The van der Waals surface area contributed by atoms with Crippen LogP contribution < -0.4 is 0 Å². The maximum atomic E-state index is 2.63. The van der Waals surface area contributed by atoms with Gasteiger partial charge in [-0.05, 0) is 59.9 Å². The van der Waals surface area contributed by atoms with E-state index in [4.69, 9.17) is 0 Å². The average molecular weight is 445 g/mol. The van der Waals surface area contributed by atoms with Crippen molar-refractivity contribution in [2.45, 2.75) is 19.3 Å². The molecule has 9 aromatic rings. The lowest BCUT2D eigenvalue weighted by Crippen LogP contribution is -1.88. The molecule has 4 aromatic heterocycles. The zero-order chi connectivity index (χ0) is 22.4. The summed E-state index contributed by atoms with van der Waals surface area (Å²) in [6.07, 6.45) is 3.64. The van der Waals surface area contributed by atoms with Crippen molar-refractivity contribution in [2.75, 3.05) is 0 Å². The minimum atomic E-state index is 1.18. The van der Waals surface area contributed by atoms with Crippen molar-refractivity contribution in [1.82, 2.24) is 8.80 Å². The predicted octanol–water partition coefficient (Wildman–Crippen LogP) is 8.48. The second kappa shape index (κ2) is 5.50. The Morgan fingerprint density at radius 2 is 1.23 bits per heavy atom. The van der Waals surface area contributed by atoms with Crippen LogP contribution in [0.3, 0.4) is 0 Å². The van der Waals surface area contributed by atoms with E-state index in [1.54, 1.807) is 5.56 Å². The Morgan fingerprint density at radius 3 is 2.17 bits per heavy atom. The first kappa shape index (κ1) is 17.2. The summed E-state index contributed by atoms with van der Waals surface area (Å²) < 4.78 is 5.14. The molecule has 0 saturated heterocycles. The fourth-order valence-corrected chi connectivity index (χ4v) is 7.59. The Kier molecular flexibility index (Phi) is 2.70. The molecule has 0 bridgehead atoms. The average Bonchev–Trinajstić information content (AvgIpc) is 3.68. The summed E-state index contributed by atoms with van der Waals surface area (Å²) in [7, 11) is 0. The second-order valence-electron chi connectivity index (χ2n) is 10.4.